The summed E-state index contributed by atoms with van der Waals surface area (Å²) in [4.78, 5) is 23.1. The maximum absolute atomic E-state index is 11.7. The van der Waals surface area contributed by atoms with Gasteiger partial charge in [-0.1, -0.05) is 46.0 Å². The maximum Gasteiger partial charge on any atom is 0.306 e. The van der Waals surface area contributed by atoms with E-state index >= 15 is 0 Å². The van der Waals surface area contributed by atoms with Gasteiger partial charge in [0.05, 0.1) is 12.2 Å². The Hall–Kier alpha value is -1.06. The van der Waals surface area contributed by atoms with E-state index in [4.69, 9.17) is 9.47 Å². The Morgan fingerprint density at radius 2 is 1.12 bits per heavy atom. The van der Waals surface area contributed by atoms with Gasteiger partial charge in [0.1, 0.15) is 0 Å². The monoisotopic (exact) mass is 356 g/mol. The van der Waals surface area contributed by atoms with E-state index in [1.54, 1.807) is 0 Å². The molecule has 0 spiro atoms. The molecule has 0 rings (SSSR count). The summed E-state index contributed by atoms with van der Waals surface area (Å²) in [6.07, 6.45) is 8.66. The summed E-state index contributed by atoms with van der Waals surface area (Å²) < 4.78 is 10.3. The molecular weight excluding hydrogens is 316 g/mol. The highest BCUT2D eigenvalue weighted by atomic mass is 16.5. The van der Waals surface area contributed by atoms with Crippen LogP contribution in [0.4, 0.5) is 0 Å². The molecule has 0 aromatic rings. The van der Waals surface area contributed by atoms with Crippen LogP contribution in [0.15, 0.2) is 0 Å². The molecule has 0 fully saturated rings. The van der Waals surface area contributed by atoms with Crippen molar-refractivity contribution in [3.8, 4) is 0 Å². The van der Waals surface area contributed by atoms with Crippen molar-refractivity contribution in [3.63, 3.8) is 0 Å². The van der Waals surface area contributed by atoms with Crippen molar-refractivity contribution < 1.29 is 19.1 Å². The molecule has 1 atom stereocenters. The first-order valence-electron chi connectivity index (χ1n) is 10.1. The molecule has 0 aromatic heterocycles. The SMILES string of the molecule is CC(C)OC(=O)CCCCCCCC(CCC(=O)OC(C)C)C(C)C. The van der Waals surface area contributed by atoms with Crippen molar-refractivity contribution in [2.75, 3.05) is 0 Å². The van der Waals surface area contributed by atoms with Crippen LogP contribution in [0.1, 0.15) is 99.3 Å². The van der Waals surface area contributed by atoms with Crippen LogP contribution in [0.3, 0.4) is 0 Å². The molecule has 0 heterocycles. The molecule has 0 N–H and O–H groups in total. The van der Waals surface area contributed by atoms with Crippen molar-refractivity contribution in [3.05, 3.63) is 0 Å². The van der Waals surface area contributed by atoms with Gasteiger partial charge in [-0.25, -0.2) is 0 Å². The number of carbonyl (C=O) groups excluding carboxylic acids is 2. The van der Waals surface area contributed by atoms with E-state index in [0.717, 1.165) is 25.7 Å². The molecule has 0 aliphatic carbocycles. The Bertz CT molecular complexity index is 361. The number of esters is 2. The number of carbonyl (C=O) groups is 2. The van der Waals surface area contributed by atoms with Crippen molar-refractivity contribution in [1.82, 2.24) is 0 Å². The minimum Gasteiger partial charge on any atom is -0.463 e. The van der Waals surface area contributed by atoms with Crippen LogP contribution < -0.4 is 0 Å². The first kappa shape index (κ1) is 23.9. The molecular formula is C21H40O4. The molecule has 0 aromatic carbocycles. The zero-order valence-corrected chi connectivity index (χ0v) is 17.3. The second kappa shape index (κ2) is 14.1. The fourth-order valence-electron chi connectivity index (χ4n) is 2.96. The highest BCUT2D eigenvalue weighted by Crippen LogP contribution is 2.24. The Balaban J connectivity index is 3.76. The first-order valence-corrected chi connectivity index (χ1v) is 10.1. The van der Waals surface area contributed by atoms with Crippen molar-refractivity contribution in [1.29, 1.82) is 0 Å². The van der Waals surface area contributed by atoms with Gasteiger partial charge >= 0.3 is 11.9 Å². The molecule has 0 amide bonds. The zero-order valence-electron chi connectivity index (χ0n) is 17.3. The third-order valence-electron chi connectivity index (χ3n) is 4.35. The number of hydrogen-bond acceptors (Lipinski definition) is 4. The Morgan fingerprint density at radius 3 is 1.64 bits per heavy atom. The van der Waals surface area contributed by atoms with Crippen LogP contribution in [0.2, 0.25) is 0 Å². The van der Waals surface area contributed by atoms with E-state index in [2.05, 4.69) is 13.8 Å². The highest BCUT2D eigenvalue weighted by Gasteiger charge is 2.16. The lowest BCUT2D eigenvalue weighted by molar-refractivity contribution is -0.148. The predicted octanol–water partition coefficient (Wildman–Crippen LogP) is 5.67. The molecule has 0 saturated heterocycles. The second-order valence-corrected chi connectivity index (χ2v) is 7.93. The van der Waals surface area contributed by atoms with Crippen molar-refractivity contribution in [2.45, 2.75) is 112 Å². The van der Waals surface area contributed by atoms with Crippen molar-refractivity contribution in [2.24, 2.45) is 11.8 Å². The zero-order chi connectivity index (χ0) is 19.2. The van der Waals surface area contributed by atoms with Gasteiger partial charge in [0.2, 0.25) is 0 Å². The van der Waals surface area contributed by atoms with Gasteiger partial charge in [0.25, 0.3) is 0 Å². The first-order chi connectivity index (χ1) is 11.7. The molecule has 0 radical (unpaired) electrons. The Labute approximate surface area is 155 Å². The van der Waals surface area contributed by atoms with Gasteiger partial charge in [-0.15, -0.1) is 0 Å². The highest BCUT2D eigenvalue weighted by molar-refractivity contribution is 5.69. The van der Waals surface area contributed by atoms with Gasteiger partial charge in [-0.3, -0.25) is 9.59 Å². The normalized spacial score (nSPS) is 12.7. The average molecular weight is 357 g/mol. The van der Waals surface area contributed by atoms with Crippen LogP contribution in [-0.4, -0.2) is 24.1 Å². The Morgan fingerprint density at radius 1 is 0.640 bits per heavy atom. The van der Waals surface area contributed by atoms with Crippen LogP contribution in [0, 0.1) is 11.8 Å². The standard InChI is InChI=1S/C21H40O4/c1-16(2)19(14-15-21(23)25-18(5)6)12-10-8-7-9-11-13-20(22)24-17(3)4/h16-19H,7-15H2,1-6H3. The molecule has 4 nitrogen and oxygen atoms in total. The lowest BCUT2D eigenvalue weighted by Gasteiger charge is -2.20. The van der Waals surface area contributed by atoms with Crippen LogP contribution in [0.25, 0.3) is 0 Å². The molecule has 148 valence electrons. The molecule has 0 aliphatic rings. The number of ether oxygens (including phenoxy) is 2. The maximum atomic E-state index is 11.7. The smallest absolute Gasteiger partial charge is 0.306 e. The summed E-state index contributed by atoms with van der Waals surface area (Å²) in [7, 11) is 0. The quantitative estimate of drug-likeness (QED) is 0.297. The van der Waals surface area contributed by atoms with E-state index in [1.165, 1.54) is 19.3 Å². The largest absolute Gasteiger partial charge is 0.463 e. The van der Waals surface area contributed by atoms with E-state index in [-0.39, 0.29) is 24.1 Å². The topological polar surface area (TPSA) is 52.6 Å². The number of hydrogen-bond donors (Lipinski definition) is 0. The lowest BCUT2D eigenvalue weighted by Crippen LogP contribution is -2.15. The van der Waals surface area contributed by atoms with E-state index in [9.17, 15) is 9.59 Å². The number of unbranched alkanes of at least 4 members (excludes halogenated alkanes) is 4. The fraction of sp³-hybridized carbons (Fsp3) is 0.905. The van der Waals surface area contributed by atoms with Crippen LogP contribution >= 0.6 is 0 Å². The van der Waals surface area contributed by atoms with Crippen LogP contribution in [0.5, 0.6) is 0 Å². The minimum atomic E-state index is -0.0804. The number of rotatable bonds is 14. The average Bonchev–Trinajstić information content (AvgIpc) is 2.47. The van der Waals surface area contributed by atoms with Gasteiger partial charge < -0.3 is 9.47 Å². The summed E-state index contributed by atoms with van der Waals surface area (Å²) in [5.41, 5.74) is 0. The van der Waals surface area contributed by atoms with Gasteiger partial charge in [0.15, 0.2) is 0 Å². The van der Waals surface area contributed by atoms with Gasteiger partial charge in [-0.2, -0.15) is 0 Å². The van der Waals surface area contributed by atoms with E-state index < -0.39 is 0 Å². The van der Waals surface area contributed by atoms with Crippen LogP contribution in [-0.2, 0) is 19.1 Å². The summed E-state index contributed by atoms with van der Waals surface area (Å²) in [6, 6.07) is 0. The molecule has 1 unspecified atom stereocenters. The van der Waals surface area contributed by atoms with E-state index in [0.29, 0.717) is 24.7 Å². The van der Waals surface area contributed by atoms with E-state index in [1.807, 2.05) is 27.7 Å². The summed E-state index contributed by atoms with van der Waals surface area (Å²) in [6.45, 7) is 12.0. The molecule has 25 heavy (non-hydrogen) atoms. The second-order valence-electron chi connectivity index (χ2n) is 7.93. The molecule has 0 bridgehead atoms. The van der Waals surface area contributed by atoms with Crippen molar-refractivity contribution >= 4 is 11.9 Å². The summed E-state index contributed by atoms with van der Waals surface area (Å²) >= 11 is 0. The fourth-order valence-corrected chi connectivity index (χ4v) is 2.96. The third-order valence-corrected chi connectivity index (χ3v) is 4.35. The van der Waals surface area contributed by atoms with Gasteiger partial charge in [-0.05, 0) is 52.4 Å². The molecule has 0 saturated carbocycles. The third kappa shape index (κ3) is 14.9. The predicted molar refractivity (Wildman–Crippen MR) is 102 cm³/mol. The van der Waals surface area contributed by atoms with Gasteiger partial charge in [0, 0.05) is 12.8 Å². The minimum absolute atomic E-state index is 0.0155. The molecule has 0 aliphatic heterocycles. The summed E-state index contributed by atoms with van der Waals surface area (Å²) in [5, 5.41) is 0. The molecule has 4 heteroatoms. The Kier molecular flexibility index (Phi) is 13.5. The lowest BCUT2D eigenvalue weighted by atomic mass is 9.86. The summed E-state index contributed by atoms with van der Waals surface area (Å²) in [5.74, 6) is 1.02.